The first-order chi connectivity index (χ1) is 5.27. The Labute approximate surface area is 68.6 Å². The zero-order valence-electron chi connectivity index (χ0n) is 6.39. The van der Waals surface area contributed by atoms with Crippen molar-refractivity contribution in [3.05, 3.63) is 0 Å². The summed E-state index contributed by atoms with van der Waals surface area (Å²) >= 11 is 0. The van der Waals surface area contributed by atoms with Crippen LogP contribution in [0.4, 0.5) is 13.2 Å². The molecule has 0 radical (unpaired) electrons. The van der Waals surface area contributed by atoms with E-state index < -0.39 is 22.9 Å². The maximum atomic E-state index is 11.4. The fourth-order valence-electron chi connectivity index (χ4n) is 0.466. The molecule has 0 aliphatic rings. The second-order valence-electron chi connectivity index (χ2n) is 2.14. The van der Waals surface area contributed by atoms with Crippen LogP contribution in [-0.4, -0.2) is 27.0 Å². The summed E-state index contributed by atoms with van der Waals surface area (Å²) < 4.78 is 59.1. The van der Waals surface area contributed by atoms with E-state index in [4.69, 9.17) is 0 Å². The van der Waals surface area contributed by atoms with Gasteiger partial charge in [-0.1, -0.05) is 6.92 Å². The SMILES string of the molecule is CCCS(=O)(=O)OCC(F)(F)F. The Morgan fingerprint density at radius 1 is 1.33 bits per heavy atom. The highest BCUT2D eigenvalue weighted by atomic mass is 32.2. The quantitative estimate of drug-likeness (QED) is 0.651. The number of alkyl halides is 3. The third-order valence-electron chi connectivity index (χ3n) is 0.856. The largest absolute Gasteiger partial charge is 0.413 e. The van der Waals surface area contributed by atoms with Crippen LogP contribution in [0.25, 0.3) is 0 Å². The van der Waals surface area contributed by atoms with Crippen LogP contribution in [0.15, 0.2) is 0 Å². The van der Waals surface area contributed by atoms with Crippen molar-refractivity contribution >= 4 is 10.1 Å². The Balaban J connectivity index is 3.94. The molecule has 0 bridgehead atoms. The smallest absolute Gasteiger partial charge is 0.261 e. The van der Waals surface area contributed by atoms with Crippen LogP contribution in [0, 0.1) is 0 Å². The van der Waals surface area contributed by atoms with Crippen molar-refractivity contribution in [2.45, 2.75) is 19.5 Å². The highest BCUT2D eigenvalue weighted by Crippen LogP contribution is 2.15. The normalized spacial score (nSPS) is 13.3. The molecule has 0 spiro atoms. The van der Waals surface area contributed by atoms with E-state index in [1.54, 1.807) is 0 Å². The van der Waals surface area contributed by atoms with Gasteiger partial charge in [0.25, 0.3) is 10.1 Å². The Morgan fingerprint density at radius 2 is 1.83 bits per heavy atom. The average molecular weight is 206 g/mol. The number of hydrogen-bond donors (Lipinski definition) is 0. The first kappa shape index (κ1) is 11.7. The summed E-state index contributed by atoms with van der Waals surface area (Å²) in [5.74, 6) is -0.386. The zero-order chi connectivity index (χ0) is 9.83. The van der Waals surface area contributed by atoms with Gasteiger partial charge in [0.1, 0.15) is 0 Å². The molecule has 0 aliphatic heterocycles. The van der Waals surface area contributed by atoms with Gasteiger partial charge in [0.2, 0.25) is 0 Å². The lowest BCUT2D eigenvalue weighted by Gasteiger charge is -2.06. The van der Waals surface area contributed by atoms with Gasteiger partial charge >= 0.3 is 6.18 Å². The Morgan fingerprint density at radius 3 is 2.17 bits per heavy atom. The van der Waals surface area contributed by atoms with Gasteiger partial charge in [0.15, 0.2) is 6.61 Å². The summed E-state index contributed by atoms with van der Waals surface area (Å²) in [5.41, 5.74) is 0. The van der Waals surface area contributed by atoms with Crippen LogP contribution in [-0.2, 0) is 14.3 Å². The molecule has 0 saturated carbocycles. The van der Waals surface area contributed by atoms with E-state index >= 15 is 0 Å². The molecule has 0 aromatic rings. The molecule has 0 rings (SSSR count). The van der Waals surface area contributed by atoms with E-state index in [1.807, 2.05) is 0 Å². The van der Waals surface area contributed by atoms with Crippen LogP contribution >= 0.6 is 0 Å². The number of hydrogen-bond acceptors (Lipinski definition) is 3. The van der Waals surface area contributed by atoms with Gasteiger partial charge < -0.3 is 0 Å². The van der Waals surface area contributed by atoms with E-state index in [0.717, 1.165) is 0 Å². The first-order valence-corrected chi connectivity index (χ1v) is 4.78. The van der Waals surface area contributed by atoms with Crippen molar-refractivity contribution in [1.29, 1.82) is 0 Å². The van der Waals surface area contributed by atoms with Crippen LogP contribution in [0.5, 0.6) is 0 Å². The molecule has 0 saturated heterocycles. The molecule has 0 N–H and O–H groups in total. The lowest BCUT2D eigenvalue weighted by molar-refractivity contribution is -0.152. The second-order valence-corrected chi connectivity index (χ2v) is 3.90. The summed E-state index contributed by atoms with van der Waals surface area (Å²) in [6, 6.07) is 0. The predicted molar refractivity (Wildman–Crippen MR) is 36.1 cm³/mol. The van der Waals surface area contributed by atoms with Crippen LogP contribution < -0.4 is 0 Å². The summed E-state index contributed by atoms with van der Waals surface area (Å²) in [6.07, 6.45) is -4.36. The van der Waals surface area contributed by atoms with Gasteiger partial charge in [-0.05, 0) is 6.42 Å². The minimum Gasteiger partial charge on any atom is -0.261 e. The predicted octanol–water partition coefficient (Wildman–Crippen LogP) is 1.31. The lowest BCUT2D eigenvalue weighted by atomic mass is 10.6. The van der Waals surface area contributed by atoms with Gasteiger partial charge in [0, 0.05) is 0 Å². The maximum Gasteiger partial charge on any atom is 0.413 e. The van der Waals surface area contributed by atoms with Crippen molar-refractivity contribution in [2.75, 3.05) is 12.4 Å². The minimum absolute atomic E-state index is 0.236. The Bertz CT molecular complexity index is 219. The van der Waals surface area contributed by atoms with Gasteiger partial charge in [-0.25, -0.2) is 0 Å². The molecule has 0 aromatic carbocycles. The van der Waals surface area contributed by atoms with E-state index in [9.17, 15) is 21.6 Å². The highest BCUT2D eigenvalue weighted by molar-refractivity contribution is 7.86. The summed E-state index contributed by atoms with van der Waals surface area (Å²) in [6.45, 7) is -0.205. The average Bonchev–Trinajstić information content (AvgIpc) is 1.83. The third-order valence-corrected chi connectivity index (χ3v) is 2.24. The zero-order valence-corrected chi connectivity index (χ0v) is 7.20. The first-order valence-electron chi connectivity index (χ1n) is 3.20. The molecular formula is C5H9F3O3S. The van der Waals surface area contributed by atoms with Crippen LogP contribution in [0.1, 0.15) is 13.3 Å². The molecule has 0 heterocycles. The summed E-state index contributed by atoms with van der Waals surface area (Å²) in [5, 5.41) is 0. The molecule has 74 valence electrons. The molecule has 0 aliphatic carbocycles. The number of halogens is 3. The maximum absolute atomic E-state index is 11.4. The fraction of sp³-hybridized carbons (Fsp3) is 1.00. The van der Waals surface area contributed by atoms with Crippen molar-refractivity contribution in [1.82, 2.24) is 0 Å². The molecule has 12 heavy (non-hydrogen) atoms. The van der Waals surface area contributed by atoms with Crippen molar-refractivity contribution < 1.29 is 25.8 Å². The Hall–Kier alpha value is -0.300. The molecule has 0 unspecified atom stereocenters. The van der Waals surface area contributed by atoms with E-state index in [0.29, 0.717) is 0 Å². The van der Waals surface area contributed by atoms with Gasteiger partial charge in [0.05, 0.1) is 5.75 Å². The van der Waals surface area contributed by atoms with Crippen LogP contribution in [0.2, 0.25) is 0 Å². The lowest BCUT2D eigenvalue weighted by Crippen LogP contribution is -2.21. The van der Waals surface area contributed by atoms with Gasteiger partial charge in [-0.3, -0.25) is 4.18 Å². The topological polar surface area (TPSA) is 43.4 Å². The Kier molecular flexibility index (Phi) is 3.98. The number of rotatable bonds is 4. The summed E-state index contributed by atoms with van der Waals surface area (Å²) in [4.78, 5) is 0. The molecule has 0 fully saturated rings. The summed E-state index contributed by atoms with van der Waals surface area (Å²) in [7, 11) is -3.98. The van der Waals surface area contributed by atoms with Gasteiger partial charge in [-0.15, -0.1) is 0 Å². The standard InChI is InChI=1S/C5H9F3O3S/c1-2-3-12(9,10)11-4-5(6,7)8/h2-4H2,1H3. The fourth-order valence-corrected chi connectivity index (χ4v) is 1.40. The molecular weight excluding hydrogens is 197 g/mol. The third kappa shape index (κ3) is 6.41. The van der Waals surface area contributed by atoms with Crippen molar-refractivity contribution in [2.24, 2.45) is 0 Å². The highest BCUT2D eigenvalue weighted by Gasteiger charge is 2.30. The van der Waals surface area contributed by atoms with E-state index in [1.165, 1.54) is 6.92 Å². The van der Waals surface area contributed by atoms with Crippen LogP contribution in [0.3, 0.4) is 0 Å². The second kappa shape index (κ2) is 4.08. The van der Waals surface area contributed by atoms with Crippen molar-refractivity contribution in [3.8, 4) is 0 Å². The van der Waals surface area contributed by atoms with Gasteiger partial charge in [-0.2, -0.15) is 21.6 Å². The van der Waals surface area contributed by atoms with Crippen molar-refractivity contribution in [3.63, 3.8) is 0 Å². The molecule has 0 amide bonds. The van der Waals surface area contributed by atoms with E-state index in [-0.39, 0.29) is 12.2 Å². The molecule has 7 heteroatoms. The molecule has 3 nitrogen and oxygen atoms in total. The van der Waals surface area contributed by atoms with E-state index in [2.05, 4.69) is 4.18 Å². The minimum atomic E-state index is -4.60. The monoisotopic (exact) mass is 206 g/mol. The molecule has 0 aromatic heterocycles. The molecule has 0 atom stereocenters.